The van der Waals surface area contributed by atoms with Crippen molar-refractivity contribution in [1.82, 2.24) is 31.9 Å². The Morgan fingerprint density at radius 3 is 2.22 bits per heavy atom. The van der Waals surface area contributed by atoms with Gasteiger partial charge in [-0.3, -0.25) is 4.79 Å². The van der Waals surface area contributed by atoms with E-state index in [0.29, 0.717) is 18.2 Å². The SMILES string of the molecule is NCCNCCNCCNCCNC(=S)NC(=O)[C@@H]1CCCN1. The quantitative estimate of drug-likeness (QED) is 0.153. The van der Waals surface area contributed by atoms with Crippen LogP contribution in [0.2, 0.25) is 0 Å². The molecule has 0 aliphatic carbocycles. The number of nitrogens with two attached hydrogens (primary N) is 1. The first-order chi connectivity index (χ1) is 11.2. The summed E-state index contributed by atoms with van der Waals surface area (Å²) in [6.45, 7) is 7.60. The molecule has 134 valence electrons. The standard InChI is InChI=1S/C14H31N7OS/c15-3-5-16-6-7-17-8-9-18-10-11-20-14(23)21-13(22)12-2-1-4-19-12/h12,16-19H,1-11,15H2,(H2,20,21,22,23)/t12-/m0/s1. The maximum absolute atomic E-state index is 11.8. The van der Waals surface area contributed by atoms with Crippen LogP contribution in [0.4, 0.5) is 0 Å². The lowest BCUT2D eigenvalue weighted by Gasteiger charge is -2.13. The van der Waals surface area contributed by atoms with Crippen molar-refractivity contribution >= 4 is 23.2 Å². The lowest BCUT2D eigenvalue weighted by atomic mass is 10.2. The Morgan fingerprint density at radius 2 is 1.65 bits per heavy atom. The van der Waals surface area contributed by atoms with Gasteiger partial charge >= 0.3 is 0 Å². The van der Waals surface area contributed by atoms with Gasteiger partial charge in [0, 0.05) is 52.4 Å². The summed E-state index contributed by atoms with van der Waals surface area (Å²) in [6.07, 6.45) is 1.92. The van der Waals surface area contributed by atoms with E-state index in [9.17, 15) is 4.79 Å². The third-order valence-corrected chi connectivity index (χ3v) is 3.73. The van der Waals surface area contributed by atoms with Crippen LogP contribution in [0.15, 0.2) is 0 Å². The van der Waals surface area contributed by atoms with E-state index in [1.165, 1.54) is 0 Å². The van der Waals surface area contributed by atoms with Crippen molar-refractivity contribution in [2.75, 3.05) is 58.9 Å². The van der Waals surface area contributed by atoms with Crippen molar-refractivity contribution in [3.05, 3.63) is 0 Å². The largest absolute Gasteiger partial charge is 0.361 e. The molecule has 0 saturated carbocycles. The second-order valence-electron chi connectivity index (χ2n) is 5.43. The number of thiocarbonyl (C=S) groups is 1. The van der Waals surface area contributed by atoms with Crippen molar-refractivity contribution in [2.24, 2.45) is 5.73 Å². The topological polar surface area (TPSA) is 115 Å². The Hall–Kier alpha value is -0.840. The Bertz CT molecular complexity index is 337. The highest BCUT2D eigenvalue weighted by molar-refractivity contribution is 7.80. The molecule has 0 aromatic heterocycles. The number of nitrogens with one attached hydrogen (secondary N) is 6. The minimum Gasteiger partial charge on any atom is -0.361 e. The molecule has 8 nitrogen and oxygen atoms in total. The number of hydrogen-bond donors (Lipinski definition) is 7. The Kier molecular flexibility index (Phi) is 11.9. The number of carbonyl (C=O) groups is 1. The molecule has 1 amide bonds. The van der Waals surface area contributed by atoms with E-state index in [1.807, 2.05) is 0 Å². The van der Waals surface area contributed by atoms with Crippen LogP contribution in [-0.2, 0) is 4.79 Å². The molecule has 23 heavy (non-hydrogen) atoms. The molecule has 1 saturated heterocycles. The predicted molar refractivity (Wildman–Crippen MR) is 97.4 cm³/mol. The molecule has 0 aromatic carbocycles. The summed E-state index contributed by atoms with van der Waals surface area (Å²) in [5.74, 6) is -0.0413. The molecule has 1 fully saturated rings. The fourth-order valence-electron chi connectivity index (χ4n) is 2.25. The predicted octanol–water partition coefficient (Wildman–Crippen LogP) is -2.54. The zero-order valence-corrected chi connectivity index (χ0v) is 14.6. The first-order valence-corrected chi connectivity index (χ1v) is 8.79. The molecule has 1 aliphatic heterocycles. The average Bonchev–Trinajstić information content (AvgIpc) is 3.07. The van der Waals surface area contributed by atoms with Gasteiger partial charge in [0.05, 0.1) is 6.04 Å². The van der Waals surface area contributed by atoms with Gasteiger partial charge in [0.1, 0.15) is 0 Å². The Morgan fingerprint density at radius 1 is 1.04 bits per heavy atom. The highest BCUT2D eigenvalue weighted by Crippen LogP contribution is 2.04. The minimum atomic E-state index is -0.0988. The van der Waals surface area contributed by atoms with E-state index in [4.69, 9.17) is 18.0 Å². The normalized spacial score (nSPS) is 17.2. The van der Waals surface area contributed by atoms with E-state index in [-0.39, 0.29) is 11.9 Å². The van der Waals surface area contributed by atoms with Gasteiger partial charge < -0.3 is 37.6 Å². The van der Waals surface area contributed by atoms with Gasteiger partial charge in [-0.25, -0.2) is 0 Å². The van der Waals surface area contributed by atoms with Crippen LogP contribution in [-0.4, -0.2) is 76.0 Å². The van der Waals surface area contributed by atoms with Crippen LogP contribution in [0.5, 0.6) is 0 Å². The molecule has 1 aliphatic rings. The average molecular weight is 346 g/mol. The van der Waals surface area contributed by atoms with E-state index >= 15 is 0 Å². The highest BCUT2D eigenvalue weighted by atomic mass is 32.1. The first kappa shape index (κ1) is 20.2. The molecule has 8 N–H and O–H groups in total. The van der Waals surface area contributed by atoms with Gasteiger partial charge in [-0.05, 0) is 31.6 Å². The Balaban J connectivity index is 1.84. The van der Waals surface area contributed by atoms with Crippen LogP contribution >= 0.6 is 12.2 Å². The highest BCUT2D eigenvalue weighted by Gasteiger charge is 2.22. The summed E-state index contributed by atoms with van der Waals surface area (Å²) in [5, 5.41) is 19.1. The number of amides is 1. The summed E-state index contributed by atoms with van der Waals surface area (Å²) >= 11 is 5.11. The molecule has 0 radical (unpaired) electrons. The fourth-order valence-corrected chi connectivity index (χ4v) is 2.45. The number of rotatable bonds is 12. The summed E-state index contributed by atoms with van der Waals surface area (Å²) in [7, 11) is 0. The van der Waals surface area contributed by atoms with Crippen LogP contribution in [0.3, 0.4) is 0 Å². The van der Waals surface area contributed by atoms with Gasteiger partial charge in [-0.15, -0.1) is 0 Å². The zero-order valence-electron chi connectivity index (χ0n) is 13.7. The van der Waals surface area contributed by atoms with Crippen LogP contribution in [0.25, 0.3) is 0 Å². The smallest absolute Gasteiger partial charge is 0.243 e. The van der Waals surface area contributed by atoms with Crippen LogP contribution in [0.1, 0.15) is 12.8 Å². The van der Waals surface area contributed by atoms with E-state index < -0.39 is 0 Å². The minimum absolute atomic E-state index is 0.0413. The van der Waals surface area contributed by atoms with Crippen molar-refractivity contribution < 1.29 is 4.79 Å². The zero-order chi connectivity index (χ0) is 16.8. The second-order valence-corrected chi connectivity index (χ2v) is 5.84. The molecular formula is C14H31N7OS. The van der Waals surface area contributed by atoms with Crippen molar-refractivity contribution in [1.29, 1.82) is 0 Å². The van der Waals surface area contributed by atoms with Crippen molar-refractivity contribution in [2.45, 2.75) is 18.9 Å². The summed E-state index contributed by atoms with van der Waals surface area (Å²) in [6, 6.07) is -0.0988. The van der Waals surface area contributed by atoms with E-state index in [1.54, 1.807) is 0 Å². The van der Waals surface area contributed by atoms with Crippen molar-refractivity contribution in [3.8, 4) is 0 Å². The Labute approximate surface area is 144 Å². The van der Waals surface area contributed by atoms with E-state index in [2.05, 4.69) is 31.9 Å². The molecule has 0 bridgehead atoms. The van der Waals surface area contributed by atoms with Crippen LogP contribution in [0, 0.1) is 0 Å². The fraction of sp³-hybridized carbons (Fsp3) is 0.857. The van der Waals surface area contributed by atoms with Gasteiger partial charge in [0.15, 0.2) is 5.11 Å². The van der Waals surface area contributed by atoms with Crippen molar-refractivity contribution in [3.63, 3.8) is 0 Å². The molecule has 1 rings (SSSR count). The number of carbonyl (C=O) groups excluding carboxylic acids is 1. The molecule has 0 aromatic rings. The summed E-state index contributed by atoms with van der Waals surface area (Å²) in [4.78, 5) is 11.8. The second kappa shape index (κ2) is 13.6. The molecule has 9 heteroatoms. The lowest BCUT2D eigenvalue weighted by molar-refractivity contribution is -0.121. The molecule has 0 spiro atoms. The van der Waals surface area contributed by atoms with Gasteiger partial charge in [0.2, 0.25) is 5.91 Å². The van der Waals surface area contributed by atoms with Gasteiger partial charge in [-0.2, -0.15) is 0 Å². The third-order valence-electron chi connectivity index (χ3n) is 3.48. The molecular weight excluding hydrogens is 314 g/mol. The van der Waals surface area contributed by atoms with Crippen LogP contribution < -0.4 is 37.6 Å². The molecule has 1 atom stereocenters. The van der Waals surface area contributed by atoms with Gasteiger partial charge in [0.25, 0.3) is 0 Å². The monoisotopic (exact) mass is 345 g/mol. The molecule has 0 unspecified atom stereocenters. The first-order valence-electron chi connectivity index (χ1n) is 8.38. The summed E-state index contributed by atoms with van der Waals surface area (Å²) in [5.41, 5.74) is 5.38. The maximum atomic E-state index is 11.8. The summed E-state index contributed by atoms with van der Waals surface area (Å²) < 4.78 is 0. The van der Waals surface area contributed by atoms with E-state index in [0.717, 1.165) is 58.7 Å². The molecule has 1 heterocycles. The third kappa shape index (κ3) is 10.5. The number of hydrogen-bond acceptors (Lipinski definition) is 7. The maximum Gasteiger partial charge on any atom is 0.243 e. The van der Waals surface area contributed by atoms with Gasteiger partial charge in [-0.1, -0.05) is 0 Å². The lowest BCUT2D eigenvalue weighted by Crippen LogP contribution is -2.48.